The number of fused-ring (bicyclic) bond motifs is 2. The molecule has 4 heterocycles. The maximum atomic E-state index is 12.4. The molecule has 8 nitrogen and oxygen atoms in total. The standard InChI is InChI=1S/C17H10N2O6S2/c20-14-10-4-2-8-18-16(10)26(22,23)12(14)6-1-7-13-15(21)11-5-3-9-19-17(11)27(13,24)25/h1-9,20H. The number of hydrogen-bond acceptors (Lipinski definition) is 8. The number of aromatic nitrogens is 2. The van der Waals surface area contributed by atoms with Gasteiger partial charge in [0.25, 0.3) is 0 Å². The molecule has 2 aliphatic heterocycles. The van der Waals surface area contributed by atoms with Crippen LogP contribution in [0.15, 0.2) is 74.7 Å². The van der Waals surface area contributed by atoms with Gasteiger partial charge in [-0.25, -0.2) is 26.8 Å². The zero-order valence-electron chi connectivity index (χ0n) is 13.4. The van der Waals surface area contributed by atoms with Crippen molar-refractivity contribution in [2.75, 3.05) is 0 Å². The van der Waals surface area contributed by atoms with Gasteiger partial charge in [-0.2, -0.15) is 0 Å². The van der Waals surface area contributed by atoms with Crippen LogP contribution in [-0.4, -0.2) is 37.7 Å². The fourth-order valence-corrected chi connectivity index (χ4v) is 5.80. The summed E-state index contributed by atoms with van der Waals surface area (Å²) in [5.41, 5.74) is 0.0234. The molecule has 0 bridgehead atoms. The Balaban J connectivity index is 1.76. The fourth-order valence-electron chi connectivity index (χ4n) is 2.84. The Kier molecular flexibility index (Phi) is 3.65. The van der Waals surface area contributed by atoms with Crippen molar-refractivity contribution in [2.24, 2.45) is 0 Å². The summed E-state index contributed by atoms with van der Waals surface area (Å²) in [6.07, 6.45) is 5.66. The van der Waals surface area contributed by atoms with Crippen LogP contribution in [0.5, 0.6) is 0 Å². The molecule has 0 aliphatic carbocycles. The minimum atomic E-state index is -4.08. The van der Waals surface area contributed by atoms with Crippen LogP contribution in [0.3, 0.4) is 0 Å². The Bertz CT molecular complexity index is 1320. The highest BCUT2D eigenvalue weighted by Crippen LogP contribution is 2.37. The van der Waals surface area contributed by atoms with Gasteiger partial charge in [0.05, 0.1) is 11.1 Å². The third kappa shape index (κ3) is 2.37. The second-order valence-electron chi connectivity index (χ2n) is 5.65. The number of nitrogens with zero attached hydrogens (tertiary/aromatic N) is 2. The molecule has 0 saturated heterocycles. The molecular weight excluding hydrogens is 392 g/mol. The van der Waals surface area contributed by atoms with Crippen molar-refractivity contribution in [1.82, 2.24) is 9.97 Å². The van der Waals surface area contributed by atoms with Crippen LogP contribution in [-0.2, 0) is 19.7 Å². The van der Waals surface area contributed by atoms with E-state index in [9.17, 15) is 26.7 Å². The molecule has 0 unspecified atom stereocenters. The van der Waals surface area contributed by atoms with E-state index < -0.39 is 41.0 Å². The van der Waals surface area contributed by atoms with Gasteiger partial charge in [-0.15, -0.1) is 0 Å². The Labute approximate surface area is 154 Å². The predicted octanol–water partition coefficient (Wildman–Crippen LogP) is 1.60. The van der Waals surface area contributed by atoms with E-state index in [0.717, 1.165) is 18.2 Å². The van der Waals surface area contributed by atoms with Crippen LogP contribution in [0, 0.1) is 0 Å². The van der Waals surface area contributed by atoms with E-state index in [1.165, 1.54) is 36.7 Å². The third-order valence-corrected chi connectivity index (χ3v) is 7.56. The second-order valence-corrected chi connectivity index (χ2v) is 9.32. The number of allylic oxidation sites excluding steroid dienone is 4. The average Bonchev–Trinajstić information content (AvgIpc) is 2.96. The lowest BCUT2D eigenvalue weighted by atomic mass is 10.2. The van der Waals surface area contributed by atoms with Crippen molar-refractivity contribution >= 4 is 31.2 Å². The number of aliphatic hydroxyl groups excluding tert-OH is 1. The molecule has 0 atom stereocenters. The molecule has 4 rings (SSSR count). The average molecular weight is 402 g/mol. The van der Waals surface area contributed by atoms with E-state index in [-0.39, 0.29) is 21.2 Å². The van der Waals surface area contributed by atoms with Crippen LogP contribution >= 0.6 is 0 Å². The number of aliphatic hydroxyl groups is 1. The fraction of sp³-hybridized carbons (Fsp3) is 0. The molecule has 2 aliphatic rings. The Morgan fingerprint density at radius 1 is 0.889 bits per heavy atom. The first-order chi connectivity index (χ1) is 12.8. The summed E-state index contributed by atoms with van der Waals surface area (Å²) < 4.78 is 49.7. The van der Waals surface area contributed by atoms with Crippen molar-refractivity contribution in [1.29, 1.82) is 0 Å². The maximum Gasteiger partial charge on any atom is 0.228 e. The topological polar surface area (TPSA) is 131 Å². The first-order valence-corrected chi connectivity index (χ1v) is 10.5. The van der Waals surface area contributed by atoms with Crippen LogP contribution in [0.2, 0.25) is 0 Å². The van der Waals surface area contributed by atoms with E-state index in [1.807, 2.05) is 0 Å². The highest BCUT2D eigenvalue weighted by molar-refractivity contribution is 7.97. The minimum Gasteiger partial charge on any atom is -0.506 e. The number of pyridine rings is 2. The van der Waals surface area contributed by atoms with Crippen LogP contribution < -0.4 is 0 Å². The van der Waals surface area contributed by atoms with Crippen LogP contribution in [0.25, 0.3) is 5.76 Å². The van der Waals surface area contributed by atoms with E-state index in [0.29, 0.717) is 0 Å². The van der Waals surface area contributed by atoms with Crippen molar-refractivity contribution < 1.29 is 26.7 Å². The number of Topliss-reactive ketones (excluding diaryl/α,β-unsaturated/α-hetero) is 1. The molecule has 10 heteroatoms. The van der Waals surface area contributed by atoms with Gasteiger partial charge in [0.15, 0.2) is 10.1 Å². The minimum absolute atomic E-state index is 0.0377. The molecule has 0 saturated carbocycles. The normalized spacial score (nSPS) is 21.0. The van der Waals surface area contributed by atoms with E-state index in [1.54, 1.807) is 0 Å². The SMILES string of the molecule is O=C1C(=CC=CC2=C(O)c3cccnc3S2(=O)=O)S(=O)(=O)c2ncccc21. The van der Waals surface area contributed by atoms with Gasteiger partial charge < -0.3 is 5.11 Å². The lowest BCUT2D eigenvalue weighted by molar-refractivity contribution is 0.104. The highest BCUT2D eigenvalue weighted by atomic mass is 32.2. The summed E-state index contributed by atoms with van der Waals surface area (Å²) in [6.45, 7) is 0. The van der Waals surface area contributed by atoms with Crippen molar-refractivity contribution in [2.45, 2.75) is 10.1 Å². The van der Waals surface area contributed by atoms with Gasteiger partial charge in [-0.3, -0.25) is 4.79 Å². The Hall–Kier alpha value is -3.11. The number of carbonyl (C=O) groups is 1. The van der Waals surface area contributed by atoms with Crippen molar-refractivity contribution in [3.63, 3.8) is 0 Å². The second kappa shape index (κ2) is 5.69. The Morgan fingerprint density at radius 3 is 2.07 bits per heavy atom. The van der Waals surface area contributed by atoms with Gasteiger partial charge in [-0.1, -0.05) is 6.08 Å². The summed E-state index contributed by atoms with van der Waals surface area (Å²) in [7, 11) is -8.11. The lowest BCUT2D eigenvalue weighted by Crippen LogP contribution is -2.03. The van der Waals surface area contributed by atoms with E-state index >= 15 is 0 Å². The van der Waals surface area contributed by atoms with Gasteiger partial charge in [0.2, 0.25) is 25.5 Å². The molecule has 0 spiro atoms. The van der Waals surface area contributed by atoms with Gasteiger partial charge in [-0.05, 0) is 36.4 Å². The van der Waals surface area contributed by atoms with E-state index in [4.69, 9.17) is 0 Å². The first kappa shape index (κ1) is 17.3. The highest BCUT2D eigenvalue weighted by Gasteiger charge is 2.40. The molecule has 1 N–H and O–H groups in total. The largest absolute Gasteiger partial charge is 0.506 e. The summed E-state index contributed by atoms with van der Waals surface area (Å²) in [5, 5.41) is 9.55. The number of ketones is 1. The van der Waals surface area contributed by atoms with E-state index in [2.05, 4.69) is 9.97 Å². The summed E-state index contributed by atoms with van der Waals surface area (Å²) >= 11 is 0. The monoisotopic (exact) mass is 402 g/mol. The summed E-state index contributed by atoms with van der Waals surface area (Å²) in [5.74, 6) is -1.21. The molecule has 0 radical (unpaired) electrons. The number of sulfone groups is 2. The number of hydrogen-bond donors (Lipinski definition) is 1. The van der Waals surface area contributed by atoms with Gasteiger partial charge >= 0.3 is 0 Å². The number of rotatable bonds is 2. The smallest absolute Gasteiger partial charge is 0.228 e. The third-order valence-electron chi connectivity index (χ3n) is 4.08. The zero-order valence-corrected chi connectivity index (χ0v) is 15.0. The van der Waals surface area contributed by atoms with Gasteiger partial charge in [0, 0.05) is 12.4 Å². The van der Waals surface area contributed by atoms with Crippen molar-refractivity contribution in [3.05, 3.63) is 75.8 Å². The molecule has 0 amide bonds. The predicted molar refractivity (Wildman–Crippen MR) is 93.9 cm³/mol. The lowest BCUT2D eigenvalue weighted by Gasteiger charge is -1.96. The summed E-state index contributed by atoms with van der Waals surface area (Å²) in [6, 6.07) is 5.68. The maximum absolute atomic E-state index is 12.4. The molecule has 27 heavy (non-hydrogen) atoms. The van der Waals surface area contributed by atoms with Crippen LogP contribution in [0.4, 0.5) is 0 Å². The molecular formula is C17H10N2O6S2. The van der Waals surface area contributed by atoms with Crippen LogP contribution in [0.1, 0.15) is 15.9 Å². The molecule has 2 aromatic rings. The molecule has 0 aromatic carbocycles. The molecule has 136 valence electrons. The molecule has 0 fully saturated rings. The first-order valence-electron chi connectivity index (χ1n) is 7.53. The molecule has 2 aromatic heterocycles. The number of carbonyl (C=O) groups excluding carboxylic acids is 1. The summed E-state index contributed by atoms with van der Waals surface area (Å²) in [4.78, 5) is 18.9. The Morgan fingerprint density at radius 2 is 1.48 bits per heavy atom. The zero-order chi connectivity index (χ0) is 19.4. The quantitative estimate of drug-likeness (QED) is 0.749. The van der Waals surface area contributed by atoms with Crippen molar-refractivity contribution in [3.8, 4) is 0 Å². The van der Waals surface area contributed by atoms with Gasteiger partial charge in [0.1, 0.15) is 15.6 Å².